The van der Waals surface area contributed by atoms with E-state index in [-0.39, 0.29) is 11.3 Å². The third kappa shape index (κ3) is 5.76. The number of hydrogen-bond donors (Lipinski definition) is 8. The van der Waals surface area contributed by atoms with Gasteiger partial charge in [0.15, 0.2) is 0 Å². The van der Waals surface area contributed by atoms with E-state index in [0.717, 1.165) is 43.5 Å². The molecule has 1 aromatic heterocycles. The first-order valence-electron chi connectivity index (χ1n) is 11.8. The standard InChI is InChI=1S/C19H30N4O10.C2H6/c24-15(33-18(28,29)17(25,26)27)22-8-4-16(11-22)9-13(10-16)21-6-2-12(3-7-21)14-1-5-20-23(14)19(30,31)32;1-2/h1,5,12-13,25-32H,2-4,6-11H2;1-2H3. The maximum absolute atomic E-state index is 12.1. The Hall–Kier alpha value is -1.88. The lowest BCUT2D eigenvalue weighted by atomic mass is 9.64. The van der Waals surface area contributed by atoms with Gasteiger partial charge in [-0.3, -0.25) is 0 Å². The highest BCUT2D eigenvalue weighted by atomic mass is 16.9. The van der Waals surface area contributed by atoms with Crippen molar-refractivity contribution in [1.29, 1.82) is 0 Å². The zero-order valence-corrected chi connectivity index (χ0v) is 19.9. The normalized spacial score (nSPS) is 26.3. The highest BCUT2D eigenvalue weighted by Gasteiger charge is 2.55. The Kier molecular flexibility index (Phi) is 7.82. The van der Waals surface area contributed by atoms with E-state index in [1.807, 2.05) is 13.8 Å². The van der Waals surface area contributed by atoms with Crippen molar-refractivity contribution in [3.8, 4) is 0 Å². The molecule has 3 aliphatic rings. The van der Waals surface area contributed by atoms with Crippen LogP contribution in [-0.4, -0.2) is 111 Å². The Morgan fingerprint density at radius 2 is 1.63 bits per heavy atom. The van der Waals surface area contributed by atoms with Gasteiger partial charge < -0.3 is 55.4 Å². The topological polar surface area (TPSA) is 212 Å². The summed E-state index contributed by atoms with van der Waals surface area (Å²) in [6, 6.07) is 1.97. The number of aliphatic hydroxyl groups is 8. The molecule has 0 radical (unpaired) electrons. The van der Waals surface area contributed by atoms with Crippen molar-refractivity contribution in [2.45, 2.75) is 76.0 Å². The van der Waals surface area contributed by atoms with Crippen LogP contribution in [0.4, 0.5) is 4.79 Å². The number of rotatable bonds is 5. The minimum atomic E-state index is -4.02. The molecule has 200 valence electrons. The van der Waals surface area contributed by atoms with Crippen LogP contribution >= 0.6 is 0 Å². The van der Waals surface area contributed by atoms with E-state index < -0.39 is 24.1 Å². The van der Waals surface area contributed by atoms with Crippen LogP contribution in [0.5, 0.6) is 0 Å². The Labute approximate surface area is 202 Å². The molecule has 1 aliphatic carbocycles. The van der Waals surface area contributed by atoms with E-state index in [1.165, 1.54) is 11.1 Å². The van der Waals surface area contributed by atoms with Gasteiger partial charge in [0.2, 0.25) is 0 Å². The smallest absolute Gasteiger partial charge is 0.385 e. The first kappa shape index (κ1) is 27.7. The van der Waals surface area contributed by atoms with Crippen LogP contribution in [0, 0.1) is 5.41 Å². The Balaban J connectivity index is 0.00000167. The van der Waals surface area contributed by atoms with Crippen LogP contribution in [-0.2, 0) is 10.8 Å². The summed E-state index contributed by atoms with van der Waals surface area (Å²) < 4.78 is 5.05. The lowest BCUT2D eigenvalue weighted by molar-refractivity contribution is -0.509. The van der Waals surface area contributed by atoms with Gasteiger partial charge in [-0.15, -0.1) is 0 Å². The SMILES string of the molecule is CC.O=C(OC(O)(O)C(O)(O)O)N1CCC2(CC(N3CCC(c4ccnn4C(O)(O)O)CC3)C2)C1. The van der Waals surface area contributed by atoms with Crippen molar-refractivity contribution < 1.29 is 50.4 Å². The average molecular weight is 505 g/mol. The quantitative estimate of drug-likeness (QED) is 0.202. The van der Waals surface area contributed by atoms with E-state index >= 15 is 0 Å². The number of nitrogens with zero attached hydrogens (tertiary/aromatic N) is 4. The molecule has 1 saturated carbocycles. The van der Waals surface area contributed by atoms with Crippen LogP contribution in [0.2, 0.25) is 0 Å². The van der Waals surface area contributed by atoms with Gasteiger partial charge in [-0.1, -0.05) is 13.8 Å². The van der Waals surface area contributed by atoms with Crippen LogP contribution < -0.4 is 0 Å². The molecule has 0 unspecified atom stereocenters. The highest BCUT2D eigenvalue weighted by Crippen LogP contribution is 2.51. The second-order valence-corrected chi connectivity index (χ2v) is 9.42. The first-order valence-corrected chi connectivity index (χ1v) is 11.8. The molecule has 1 spiro atoms. The van der Waals surface area contributed by atoms with Gasteiger partial charge in [0.25, 0.3) is 0 Å². The largest absolute Gasteiger partial charge is 0.414 e. The zero-order valence-electron chi connectivity index (χ0n) is 19.9. The van der Waals surface area contributed by atoms with Crippen LogP contribution in [0.3, 0.4) is 0 Å². The number of amides is 1. The lowest BCUT2D eigenvalue weighted by Crippen LogP contribution is -2.58. The fraction of sp³-hybridized carbons (Fsp3) is 0.810. The summed E-state index contributed by atoms with van der Waals surface area (Å²) in [7, 11) is 0. The van der Waals surface area contributed by atoms with Crippen LogP contribution in [0.25, 0.3) is 0 Å². The number of carbonyl (C=O) groups is 1. The Morgan fingerprint density at radius 1 is 1.03 bits per heavy atom. The Morgan fingerprint density at radius 3 is 2.17 bits per heavy atom. The molecule has 2 saturated heterocycles. The summed E-state index contributed by atoms with van der Waals surface area (Å²) in [6.45, 7) is 6.17. The fourth-order valence-corrected chi connectivity index (χ4v) is 5.31. The highest BCUT2D eigenvalue weighted by molar-refractivity contribution is 5.68. The van der Waals surface area contributed by atoms with Gasteiger partial charge in [-0.05, 0) is 56.7 Å². The molecule has 2 aliphatic heterocycles. The third-order valence-corrected chi connectivity index (χ3v) is 7.12. The molecular formula is C21H36N4O10. The average Bonchev–Trinajstić information content (AvgIpc) is 3.41. The maximum atomic E-state index is 12.1. The van der Waals surface area contributed by atoms with Crippen molar-refractivity contribution in [3.63, 3.8) is 0 Å². The molecule has 0 atom stereocenters. The van der Waals surface area contributed by atoms with Gasteiger partial charge in [0.1, 0.15) is 0 Å². The molecule has 8 N–H and O–H groups in total. The van der Waals surface area contributed by atoms with Crippen LogP contribution in [0.15, 0.2) is 12.3 Å². The molecule has 14 heteroatoms. The van der Waals surface area contributed by atoms with Crippen molar-refractivity contribution in [2.75, 3.05) is 26.2 Å². The van der Waals surface area contributed by atoms with Crippen molar-refractivity contribution in [3.05, 3.63) is 18.0 Å². The summed E-state index contributed by atoms with van der Waals surface area (Å²) in [4.78, 5) is 15.7. The van der Waals surface area contributed by atoms with Gasteiger partial charge in [-0.25, -0.2) is 4.79 Å². The molecule has 0 bridgehead atoms. The molecule has 4 rings (SSSR count). The van der Waals surface area contributed by atoms with E-state index in [4.69, 9.17) is 15.3 Å². The third-order valence-electron chi connectivity index (χ3n) is 7.12. The van der Waals surface area contributed by atoms with Gasteiger partial charge >= 0.3 is 24.1 Å². The number of hydrogen-bond acceptors (Lipinski definition) is 12. The molecule has 35 heavy (non-hydrogen) atoms. The van der Waals surface area contributed by atoms with Crippen molar-refractivity contribution in [1.82, 2.24) is 19.6 Å². The van der Waals surface area contributed by atoms with Gasteiger partial charge in [0.05, 0.1) is 0 Å². The number of ether oxygens (including phenoxy) is 1. The second-order valence-electron chi connectivity index (χ2n) is 9.42. The lowest BCUT2D eigenvalue weighted by Gasteiger charge is -2.51. The van der Waals surface area contributed by atoms with Crippen molar-refractivity contribution >= 4 is 6.09 Å². The summed E-state index contributed by atoms with van der Waals surface area (Å²) in [5.74, 6) is -7.85. The maximum Gasteiger partial charge on any atom is 0.414 e. The monoisotopic (exact) mass is 504 g/mol. The van der Waals surface area contributed by atoms with Crippen molar-refractivity contribution in [2.24, 2.45) is 5.41 Å². The number of carbonyl (C=O) groups excluding carboxylic acids is 1. The molecule has 1 aromatic rings. The number of likely N-dealkylation sites (tertiary alicyclic amines) is 2. The fourth-order valence-electron chi connectivity index (χ4n) is 5.31. The summed E-state index contributed by atoms with van der Waals surface area (Å²) in [5, 5.41) is 77.4. The predicted molar refractivity (Wildman–Crippen MR) is 116 cm³/mol. The molecule has 3 heterocycles. The second kappa shape index (κ2) is 9.88. The minimum Gasteiger partial charge on any atom is -0.385 e. The summed E-state index contributed by atoms with van der Waals surface area (Å²) in [5.41, 5.74) is 0.421. The first-order chi connectivity index (χ1) is 16.2. The van der Waals surface area contributed by atoms with Crippen LogP contribution in [0.1, 0.15) is 57.6 Å². The Bertz CT molecular complexity index is 864. The predicted octanol–water partition coefficient (Wildman–Crippen LogP) is -2.11. The minimum absolute atomic E-state index is 0.0225. The molecule has 0 aromatic carbocycles. The van der Waals surface area contributed by atoms with E-state index in [0.29, 0.717) is 31.2 Å². The molecule has 1 amide bonds. The number of piperidine rings is 1. The number of aromatic nitrogens is 2. The van der Waals surface area contributed by atoms with E-state index in [1.54, 1.807) is 6.07 Å². The molecule has 14 nitrogen and oxygen atoms in total. The molecule has 3 fully saturated rings. The van der Waals surface area contributed by atoms with E-state index in [2.05, 4.69) is 14.7 Å². The summed E-state index contributed by atoms with van der Waals surface area (Å²) >= 11 is 0. The van der Waals surface area contributed by atoms with Gasteiger partial charge in [0, 0.05) is 36.9 Å². The van der Waals surface area contributed by atoms with E-state index in [9.17, 15) is 30.3 Å². The zero-order chi connectivity index (χ0) is 26.2. The van der Waals surface area contributed by atoms with Gasteiger partial charge in [-0.2, -0.15) is 9.78 Å². The molecular weight excluding hydrogens is 468 g/mol. The summed E-state index contributed by atoms with van der Waals surface area (Å²) in [6.07, 6.45) is 1.06.